The van der Waals surface area contributed by atoms with Crippen LogP contribution in [0.25, 0.3) is 0 Å². The minimum atomic E-state index is -1.04. The smallest absolute Gasteiger partial charge is 0.336 e. The molecule has 2 aliphatic heterocycles. The van der Waals surface area contributed by atoms with Gasteiger partial charge in [0.15, 0.2) is 0 Å². The average molecular weight is 307 g/mol. The van der Waals surface area contributed by atoms with Crippen molar-refractivity contribution >= 4 is 11.9 Å². The largest absolute Gasteiger partial charge is 0.478 e. The number of carboxylic acid groups (broad SMARTS) is 1. The minimum absolute atomic E-state index is 0.0424. The van der Waals surface area contributed by atoms with Gasteiger partial charge in [-0.05, 0) is 35.1 Å². The van der Waals surface area contributed by atoms with Crippen molar-refractivity contribution in [2.45, 2.75) is 31.8 Å². The summed E-state index contributed by atoms with van der Waals surface area (Å²) >= 11 is 0. The molecule has 0 saturated carbocycles. The van der Waals surface area contributed by atoms with E-state index in [9.17, 15) is 14.7 Å². The molecule has 2 aromatic rings. The molecule has 1 amide bonds. The Hall–Kier alpha value is -2.62. The first-order valence-electron chi connectivity index (χ1n) is 7.83. The molecule has 2 aliphatic rings. The van der Waals surface area contributed by atoms with Crippen molar-refractivity contribution in [1.82, 2.24) is 4.90 Å². The second kappa shape index (κ2) is 4.95. The lowest BCUT2D eigenvalue weighted by Gasteiger charge is -2.23. The van der Waals surface area contributed by atoms with Crippen LogP contribution in [0.4, 0.5) is 0 Å². The quantitative estimate of drug-likeness (QED) is 0.876. The van der Waals surface area contributed by atoms with Crippen molar-refractivity contribution in [3.05, 3.63) is 70.3 Å². The summed E-state index contributed by atoms with van der Waals surface area (Å²) in [6, 6.07) is 13.3. The molecule has 4 rings (SSSR count). The standard InChI is InChI=1S/C19H17NO3/c1-11-9-16-14-7-4-8-15(19(22)23)17(14)18(21)20(16)10-12-5-2-3-6-13(11)12/h2-8,11,16H,9-10H2,1H3,(H,22,23)/t11-,16-/m1/s1. The number of benzene rings is 2. The molecule has 0 radical (unpaired) electrons. The molecular formula is C19H17NO3. The van der Waals surface area contributed by atoms with Gasteiger partial charge in [-0.3, -0.25) is 4.79 Å². The Bertz CT molecular complexity index is 827. The highest BCUT2D eigenvalue weighted by Gasteiger charge is 2.41. The summed E-state index contributed by atoms with van der Waals surface area (Å²) < 4.78 is 0. The average Bonchev–Trinajstić information content (AvgIpc) is 2.72. The van der Waals surface area contributed by atoms with E-state index in [4.69, 9.17) is 0 Å². The first kappa shape index (κ1) is 14.0. The van der Waals surface area contributed by atoms with Gasteiger partial charge in [-0.2, -0.15) is 0 Å². The molecule has 116 valence electrons. The molecule has 0 aliphatic carbocycles. The number of hydrogen-bond acceptors (Lipinski definition) is 2. The topological polar surface area (TPSA) is 57.6 Å². The highest BCUT2D eigenvalue weighted by molar-refractivity contribution is 6.08. The van der Waals surface area contributed by atoms with Gasteiger partial charge in [-0.25, -0.2) is 4.79 Å². The Balaban J connectivity index is 1.85. The van der Waals surface area contributed by atoms with Gasteiger partial charge in [0.05, 0.1) is 17.2 Å². The maximum absolute atomic E-state index is 12.9. The lowest BCUT2D eigenvalue weighted by molar-refractivity contribution is 0.0666. The first-order chi connectivity index (χ1) is 11.1. The molecule has 23 heavy (non-hydrogen) atoms. The van der Waals surface area contributed by atoms with E-state index in [0.717, 1.165) is 17.5 Å². The molecule has 4 heteroatoms. The third kappa shape index (κ3) is 1.98. The molecule has 1 N–H and O–H groups in total. The number of fused-ring (bicyclic) bond motifs is 4. The normalized spacial score (nSPS) is 22.1. The fraction of sp³-hybridized carbons (Fsp3) is 0.263. The lowest BCUT2D eigenvalue weighted by atomic mass is 9.89. The Morgan fingerprint density at radius 2 is 1.87 bits per heavy atom. The summed E-state index contributed by atoms with van der Waals surface area (Å²) in [5.41, 5.74) is 3.78. The van der Waals surface area contributed by atoms with Gasteiger partial charge >= 0.3 is 5.97 Å². The van der Waals surface area contributed by atoms with Crippen LogP contribution in [0.3, 0.4) is 0 Å². The predicted octanol–water partition coefficient (Wildman–Crippen LogP) is 3.59. The predicted molar refractivity (Wildman–Crippen MR) is 85.5 cm³/mol. The van der Waals surface area contributed by atoms with Crippen LogP contribution in [-0.2, 0) is 6.54 Å². The Morgan fingerprint density at radius 3 is 2.65 bits per heavy atom. The van der Waals surface area contributed by atoms with E-state index < -0.39 is 5.97 Å². The number of rotatable bonds is 1. The molecule has 0 spiro atoms. The van der Waals surface area contributed by atoms with Crippen molar-refractivity contribution in [2.75, 3.05) is 0 Å². The van der Waals surface area contributed by atoms with Gasteiger partial charge in [0.25, 0.3) is 5.91 Å². The van der Waals surface area contributed by atoms with Gasteiger partial charge < -0.3 is 10.0 Å². The van der Waals surface area contributed by atoms with Crippen molar-refractivity contribution in [1.29, 1.82) is 0 Å². The second-order valence-corrected chi connectivity index (χ2v) is 6.36. The van der Waals surface area contributed by atoms with Crippen molar-refractivity contribution in [3.8, 4) is 0 Å². The second-order valence-electron chi connectivity index (χ2n) is 6.36. The molecule has 2 atom stereocenters. The van der Waals surface area contributed by atoms with E-state index >= 15 is 0 Å². The molecule has 0 saturated heterocycles. The monoisotopic (exact) mass is 307 g/mol. The zero-order valence-corrected chi connectivity index (χ0v) is 12.8. The van der Waals surface area contributed by atoms with E-state index in [1.807, 2.05) is 23.1 Å². The zero-order chi connectivity index (χ0) is 16.1. The van der Waals surface area contributed by atoms with Crippen LogP contribution in [0.1, 0.15) is 62.7 Å². The lowest BCUT2D eigenvalue weighted by Crippen LogP contribution is -2.27. The van der Waals surface area contributed by atoms with E-state index in [1.165, 1.54) is 11.6 Å². The third-order valence-corrected chi connectivity index (χ3v) is 5.04. The fourth-order valence-electron chi connectivity index (χ4n) is 3.96. The fourth-order valence-corrected chi connectivity index (χ4v) is 3.96. The molecule has 0 aromatic heterocycles. The number of aromatic carboxylic acids is 1. The maximum atomic E-state index is 12.9. The van der Waals surface area contributed by atoms with E-state index in [-0.39, 0.29) is 17.5 Å². The molecule has 4 nitrogen and oxygen atoms in total. The van der Waals surface area contributed by atoms with Crippen LogP contribution >= 0.6 is 0 Å². The van der Waals surface area contributed by atoms with Crippen LogP contribution in [0, 0.1) is 0 Å². The highest BCUT2D eigenvalue weighted by atomic mass is 16.4. The van der Waals surface area contributed by atoms with Crippen LogP contribution in [0.15, 0.2) is 42.5 Å². The Morgan fingerprint density at radius 1 is 1.13 bits per heavy atom. The molecular weight excluding hydrogens is 290 g/mol. The molecule has 0 unspecified atom stereocenters. The van der Waals surface area contributed by atoms with Gasteiger partial charge in [0.1, 0.15) is 0 Å². The number of nitrogens with zero attached hydrogens (tertiary/aromatic N) is 1. The van der Waals surface area contributed by atoms with Crippen LogP contribution in [0.2, 0.25) is 0 Å². The van der Waals surface area contributed by atoms with Gasteiger partial charge in [0.2, 0.25) is 0 Å². The molecule has 0 fully saturated rings. The van der Waals surface area contributed by atoms with Crippen LogP contribution in [-0.4, -0.2) is 21.9 Å². The molecule has 2 aromatic carbocycles. The molecule has 0 bridgehead atoms. The first-order valence-corrected chi connectivity index (χ1v) is 7.83. The summed E-state index contributed by atoms with van der Waals surface area (Å²) in [6.07, 6.45) is 0.818. The van der Waals surface area contributed by atoms with Crippen molar-refractivity contribution < 1.29 is 14.7 Å². The van der Waals surface area contributed by atoms with Crippen LogP contribution in [0.5, 0.6) is 0 Å². The number of carboxylic acids is 1. The van der Waals surface area contributed by atoms with Crippen LogP contribution < -0.4 is 0 Å². The summed E-state index contributed by atoms with van der Waals surface area (Å²) in [5, 5.41) is 9.39. The van der Waals surface area contributed by atoms with Gasteiger partial charge in [0, 0.05) is 6.54 Å². The number of amides is 1. The van der Waals surface area contributed by atoms with E-state index in [0.29, 0.717) is 18.0 Å². The minimum Gasteiger partial charge on any atom is -0.478 e. The third-order valence-electron chi connectivity index (χ3n) is 5.04. The maximum Gasteiger partial charge on any atom is 0.336 e. The highest BCUT2D eigenvalue weighted by Crippen LogP contribution is 2.45. The van der Waals surface area contributed by atoms with E-state index in [1.54, 1.807) is 6.07 Å². The van der Waals surface area contributed by atoms with Crippen molar-refractivity contribution in [3.63, 3.8) is 0 Å². The zero-order valence-electron chi connectivity index (χ0n) is 12.8. The van der Waals surface area contributed by atoms with Gasteiger partial charge in [-0.15, -0.1) is 0 Å². The number of hydrogen-bond donors (Lipinski definition) is 1. The Kier molecular flexibility index (Phi) is 3.01. The summed E-state index contributed by atoms with van der Waals surface area (Å²) in [7, 11) is 0. The number of carbonyl (C=O) groups is 2. The van der Waals surface area contributed by atoms with Crippen molar-refractivity contribution in [2.24, 2.45) is 0 Å². The Labute approximate surface area is 134 Å². The summed E-state index contributed by atoms with van der Waals surface area (Å²) in [5.74, 6) is -0.873. The number of carbonyl (C=O) groups excluding carboxylic acids is 1. The SMILES string of the molecule is C[C@@H]1C[C@@H]2c3cccc(C(=O)O)c3C(=O)N2Cc2ccccc21. The van der Waals surface area contributed by atoms with E-state index in [2.05, 4.69) is 19.1 Å². The summed E-state index contributed by atoms with van der Waals surface area (Å²) in [4.78, 5) is 26.2. The summed E-state index contributed by atoms with van der Waals surface area (Å²) in [6.45, 7) is 2.71. The molecule has 2 heterocycles. The van der Waals surface area contributed by atoms with Gasteiger partial charge in [-0.1, -0.05) is 43.3 Å².